The number of hydrogen-bond donors (Lipinski definition) is 1. The molecule has 0 bridgehead atoms. The van der Waals surface area contributed by atoms with Gasteiger partial charge in [0.1, 0.15) is 0 Å². The number of rotatable bonds is 9. The topological polar surface area (TPSA) is 81.3 Å². The molecule has 31 heavy (non-hydrogen) atoms. The number of carbonyl (C=O) groups is 1. The van der Waals surface area contributed by atoms with Crippen molar-refractivity contribution in [3.8, 4) is 0 Å². The molecular weight excluding hydrogens is 435 g/mol. The van der Waals surface area contributed by atoms with Crippen LogP contribution in [0.5, 0.6) is 0 Å². The monoisotopic (exact) mass is 466 g/mol. The standard InChI is InChI=1S/C22H32ClFN4O2Si/c1-15-16(13-19(25)29)9-7-10-18(15)28(20-17(24)14-26-21(23)27-20)11-8-12-30-31(5,6)22(2,3)4/h7,9-10,14H,8,11-13H2,1-6H3,(H2,25,29). The molecule has 0 radical (unpaired) electrons. The number of aromatic nitrogens is 2. The van der Waals surface area contributed by atoms with E-state index >= 15 is 0 Å². The lowest BCUT2D eigenvalue weighted by Crippen LogP contribution is -2.41. The fourth-order valence-electron chi connectivity index (χ4n) is 2.98. The molecule has 170 valence electrons. The van der Waals surface area contributed by atoms with Crippen LogP contribution in [-0.2, 0) is 15.6 Å². The Hall–Kier alpha value is -2.03. The lowest BCUT2D eigenvalue weighted by molar-refractivity contribution is -0.117. The van der Waals surface area contributed by atoms with Gasteiger partial charge in [0.05, 0.1) is 12.6 Å². The van der Waals surface area contributed by atoms with Gasteiger partial charge in [0.25, 0.3) is 0 Å². The highest BCUT2D eigenvalue weighted by Gasteiger charge is 2.36. The summed E-state index contributed by atoms with van der Waals surface area (Å²) in [6.45, 7) is 13.9. The number of nitrogens with two attached hydrogens (primary N) is 1. The van der Waals surface area contributed by atoms with Gasteiger partial charge in [-0.15, -0.1) is 0 Å². The van der Waals surface area contributed by atoms with Crippen LogP contribution in [0, 0.1) is 12.7 Å². The maximum absolute atomic E-state index is 14.7. The summed E-state index contributed by atoms with van der Waals surface area (Å²) in [4.78, 5) is 21.1. The third-order valence-electron chi connectivity index (χ3n) is 5.82. The summed E-state index contributed by atoms with van der Waals surface area (Å²) in [6, 6.07) is 5.52. The van der Waals surface area contributed by atoms with Gasteiger partial charge >= 0.3 is 0 Å². The Morgan fingerprint density at radius 2 is 2.00 bits per heavy atom. The van der Waals surface area contributed by atoms with Crippen LogP contribution in [0.1, 0.15) is 38.3 Å². The van der Waals surface area contributed by atoms with E-state index in [2.05, 4.69) is 43.8 Å². The number of halogens is 2. The minimum atomic E-state index is -1.88. The lowest BCUT2D eigenvalue weighted by Gasteiger charge is -2.36. The molecule has 0 aliphatic rings. The maximum atomic E-state index is 14.7. The van der Waals surface area contributed by atoms with Crippen LogP contribution in [0.25, 0.3) is 0 Å². The summed E-state index contributed by atoms with van der Waals surface area (Å²) >= 11 is 5.96. The second-order valence-corrected chi connectivity index (χ2v) is 14.3. The molecule has 0 aliphatic heterocycles. The molecular formula is C22H32ClFN4O2Si. The molecule has 0 atom stereocenters. The third-order valence-corrected chi connectivity index (χ3v) is 10.5. The van der Waals surface area contributed by atoms with E-state index in [0.29, 0.717) is 19.6 Å². The van der Waals surface area contributed by atoms with Crippen molar-refractivity contribution in [2.24, 2.45) is 5.73 Å². The Labute approximate surface area is 190 Å². The highest BCUT2D eigenvalue weighted by atomic mass is 35.5. The van der Waals surface area contributed by atoms with E-state index < -0.39 is 20.0 Å². The average molecular weight is 467 g/mol. The Morgan fingerprint density at radius 3 is 2.61 bits per heavy atom. The molecule has 2 rings (SSSR count). The normalized spacial score (nSPS) is 12.1. The van der Waals surface area contributed by atoms with Crippen molar-refractivity contribution in [1.82, 2.24) is 9.97 Å². The molecule has 0 unspecified atom stereocenters. The van der Waals surface area contributed by atoms with Crippen LogP contribution in [0.4, 0.5) is 15.9 Å². The summed E-state index contributed by atoms with van der Waals surface area (Å²) in [5, 5.41) is 0.0726. The highest BCUT2D eigenvalue weighted by molar-refractivity contribution is 6.74. The number of primary amides is 1. The van der Waals surface area contributed by atoms with Crippen molar-refractivity contribution in [3.63, 3.8) is 0 Å². The van der Waals surface area contributed by atoms with Gasteiger partial charge < -0.3 is 15.1 Å². The maximum Gasteiger partial charge on any atom is 0.224 e. The van der Waals surface area contributed by atoms with Gasteiger partial charge in [0, 0.05) is 18.8 Å². The fraction of sp³-hybridized carbons (Fsp3) is 0.500. The van der Waals surface area contributed by atoms with Crippen LogP contribution >= 0.6 is 11.6 Å². The quantitative estimate of drug-likeness (QED) is 0.313. The number of carbonyl (C=O) groups excluding carboxylic acids is 1. The lowest BCUT2D eigenvalue weighted by atomic mass is 10.0. The van der Waals surface area contributed by atoms with Crippen molar-refractivity contribution < 1.29 is 13.6 Å². The molecule has 1 amide bonds. The Kier molecular flexibility index (Phi) is 8.19. The smallest absolute Gasteiger partial charge is 0.224 e. The molecule has 1 aromatic heterocycles. The summed E-state index contributed by atoms with van der Waals surface area (Å²) in [5.74, 6) is -0.910. The number of anilines is 2. The van der Waals surface area contributed by atoms with Gasteiger partial charge in [-0.2, -0.15) is 4.98 Å². The zero-order valence-electron chi connectivity index (χ0n) is 19.1. The minimum absolute atomic E-state index is 0.0372. The summed E-state index contributed by atoms with van der Waals surface area (Å²) in [5.41, 5.74) is 7.74. The van der Waals surface area contributed by atoms with Gasteiger partial charge in [0.15, 0.2) is 20.0 Å². The number of benzene rings is 1. The van der Waals surface area contributed by atoms with Crippen molar-refractivity contribution in [1.29, 1.82) is 0 Å². The van der Waals surface area contributed by atoms with Crippen molar-refractivity contribution in [2.75, 3.05) is 18.1 Å². The zero-order chi connectivity index (χ0) is 23.4. The van der Waals surface area contributed by atoms with Crippen LogP contribution in [-0.4, -0.2) is 37.3 Å². The molecule has 9 heteroatoms. The molecule has 2 N–H and O–H groups in total. The average Bonchev–Trinajstić information content (AvgIpc) is 2.65. The zero-order valence-corrected chi connectivity index (χ0v) is 20.9. The number of hydrogen-bond acceptors (Lipinski definition) is 5. The van der Waals surface area contributed by atoms with Crippen molar-refractivity contribution >= 4 is 37.3 Å². The van der Waals surface area contributed by atoms with Gasteiger partial charge in [-0.3, -0.25) is 4.79 Å². The minimum Gasteiger partial charge on any atom is -0.417 e. The summed E-state index contributed by atoms with van der Waals surface area (Å²) in [7, 11) is -1.88. The first-order valence-electron chi connectivity index (χ1n) is 10.3. The second kappa shape index (κ2) is 10.1. The molecule has 0 saturated heterocycles. The van der Waals surface area contributed by atoms with Gasteiger partial charge in [-0.05, 0) is 60.3 Å². The molecule has 0 saturated carbocycles. The van der Waals surface area contributed by atoms with Crippen molar-refractivity contribution in [2.45, 2.75) is 58.7 Å². The van der Waals surface area contributed by atoms with Gasteiger partial charge in [-0.25, -0.2) is 9.37 Å². The molecule has 1 aromatic carbocycles. The molecule has 1 heterocycles. The predicted octanol–water partition coefficient (Wildman–Crippen LogP) is 5.16. The predicted molar refractivity (Wildman–Crippen MR) is 126 cm³/mol. The summed E-state index contributed by atoms with van der Waals surface area (Å²) in [6.07, 6.45) is 1.83. The van der Waals surface area contributed by atoms with E-state index in [1.54, 1.807) is 4.90 Å². The molecule has 0 fully saturated rings. The Bertz CT molecular complexity index is 934. The first kappa shape index (κ1) is 25.2. The molecule has 0 spiro atoms. The highest BCUT2D eigenvalue weighted by Crippen LogP contribution is 2.37. The number of amides is 1. The van der Waals surface area contributed by atoms with Crippen LogP contribution < -0.4 is 10.6 Å². The molecule has 2 aromatic rings. The molecule has 6 nitrogen and oxygen atoms in total. The Morgan fingerprint density at radius 1 is 1.32 bits per heavy atom. The second-order valence-electron chi connectivity index (χ2n) is 9.13. The largest absolute Gasteiger partial charge is 0.417 e. The number of nitrogens with zero attached hydrogens (tertiary/aromatic N) is 3. The molecule has 0 aliphatic carbocycles. The van der Waals surface area contributed by atoms with Gasteiger partial charge in [-0.1, -0.05) is 32.9 Å². The van der Waals surface area contributed by atoms with Crippen LogP contribution in [0.15, 0.2) is 24.4 Å². The van der Waals surface area contributed by atoms with Crippen molar-refractivity contribution in [3.05, 3.63) is 46.6 Å². The van der Waals surface area contributed by atoms with E-state index in [1.807, 2.05) is 25.1 Å². The van der Waals surface area contributed by atoms with Gasteiger partial charge in [0.2, 0.25) is 11.2 Å². The van der Waals surface area contributed by atoms with E-state index in [1.165, 1.54) is 0 Å². The van der Waals surface area contributed by atoms with E-state index in [0.717, 1.165) is 23.0 Å². The van der Waals surface area contributed by atoms with Crippen LogP contribution in [0.2, 0.25) is 23.4 Å². The first-order valence-corrected chi connectivity index (χ1v) is 13.6. The summed E-state index contributed by atoms with van der Waals surface area (Å²) < 4.78 is 21.0. The van der Waals surface area contributed by atoms with Crippen LogP contribution in [0.3, 0.4) is 0 Å². The van der Waals surface area contributed by atoms with E-state index in [9.17, 15) is 9.18 Å². The Balaban J connectivity index is 2.33. The van der Waals surface area contributed by atoms with E-state index in [-0.39, 0.29) is 22.6 Å². The third kappa shape index (κ3) is 6.47. The van der Waals surface area contributed by atoms with E-state index in [4.69, 9.17) is 21.8 Å². The fourth-order valence-corrected chi connectivity index (χ4v) is 4.19. The SMILES string of the molecule is Cc1c(CC(N)=O)cccc1N(CCCO[Si](C)(C)C(C)(C)C)c1nc(Cl)ncc1F. The first-order chi connectivity index (χ1) is 14.3.